The fraction of sp³-hybridized carbons (Fsp3) is 0.650. The van der Waals surface area contributed by atoms with Gasteiger partial charge in [-0.25, -0.2) is 8.42 Å². The molecular weight excluding hydrogens is 406 g/mol. The Kier molecular flexibility index (Phi) is 8.05. The van der Waals surface area contributed by atoms with Crippen LogP contribution in [0.2, 0.25) is 0 Å². The lowest BCUT2D eigenvalue weighted by Gasteiger charge is -2.43. The lowest BCUT2D eigenvalue weighted by atomic mass is 9.64. The Labute approximate surface area is 178 Å². The van der Waals surface area contributed by atoms with E-state index >= 15 is 0 Å². The number of rotatable bonds is 10. The van der Waals surface area contributed by atoms with Gasteiger partial charge >= 0.3 is 0 Å². The van der Waals surface area contributed by atoms with Crippen molar-refractivity contribution >= 4 is 27.2 Å². The van der Waals surface area contributed by atoms with E-state index in [1.54, 1.807) is 7.05 Å². The predicted octanol–water partition coefficient (Wildman–Crippen LogP) is 2.79. The molecule has 0 spiro atoms. The highest BCUT2D eigenvalue weighted by molar-refractivity contribution is 7.90. The Morgan fingerprint density at radius 1 is 1.27 bits per heavy atom. The van der Waals surface area contributed by atoms with Crippen LogP contribution in [0.15, 0.2) is 28.1 Å². The topological polar surface area (TPSA) is 126 Å². The molecule has 0 atom stereocenters. The standard InChI is InChI=1S/C20H33N5O4S/c1-15(2)13-20(8-5-9-20)14-24-19(21-3)23-11-10-22-17-7-6-16(30(4,28)29)12-18(17)25(26)27/h6-7,12,15,22H,5,8-11,13-14H2,1-4H3,(H2,21,23,24). The highest BCUT2D eigenvalue weighted by Gasteiger charge is 2.37. The van der Waals surface area contributed by atoms with Crippen LogP contribution in [0.3, 0.4) is 0 Å². The quantitative estimate of drug-likeness (QED) is 0.168. The molecule has 3 N–H and O–H groups in total. The van der Waals surface area contributed by atoms with E-state index in [-0.39, 0.29) is 16.3 Å². The van der Waals surface area contributed by atoms with Gasteiger partial charge < -0.3 is 16.0 Å². The van der Waals surface area contributed by atoms with Gasteiger partial charge in [0, 0.05) is 39.0 Å². The normalized spacial score (nSPS) is 16.1. The summed E-state index contributed by atoms with van der Waals surface area (Å²) in [5.74, 6) is 1.37. The van der Waals surface area contributed by atoms with Crippen LogP contribution in [0.25, 0.3) is 0 Å². The summed E-state index contributed by atoms with van der Waals surface area (Å²) >= 11 is 0. The number of sulfone groups is 1. The molecule has 1 aromatic carbocycles. The molecule has 1 aliphatic carbocycles. The van der Waals surface area contributed by atoms with Crippen LogP contribution >= 0.6 is 0 Å². The van der Waals surface area contributed by atoms with E-state index in [0.29, 0.717) is 30.4 Å². The summed E-state index contributed by atoms with van der Waals surface area (Å²) in [5, 5.41) is 20.9. The molecule has 0 unspecified atom stereocenters. The summed E-state index contributed by atoms with van der Waals surface area (Å²) in [6.07, 6.45) is 5.98. The van der Waals surface area contributed by atoms with Crippen LogP contribution in [0, 0.1) is 21.4 Å². The molecule has 10 heteroatoms. The SMILES string of the molecule is CN=C(NCCNc1ccc(S(C)(=O)=O)cc1[N+](=O)[O-])NCC1(CC(C)C)CCC1. The molecule has 1 aliphatic rings. The summed E-state index contributed by atoms with van der Waals surface area (Å²) in [5.41, 5.74) is 0.370. The van der Waals surface area contributed by atoms with E-state index in [2.05, 4.69) is 34.8 Å². The lowest BCUT2D eigenvalue weighted by molar-refractivity contribution is -0.384. The summed E-state index contributed by atoms with van der Waals surface area (Å²) in [6.45, 7) is 6.30. The Hall–Kier alpha value is -2.36. The van der Waals surface area contributed by atoms with Crippen molar-refractivity contribution in [1.82, 2.24) is 10.6 Å². The summed E-state index contributed by atoms with van der Waals surface area (Å²) in [7, 11) is -1.79. The number of nitro benzene ring substituents is 1. The number of guanidine groups is 1. The van der Waals surface area contributed by atoms with E-state index in [0.717, 1.165) is 18.9 Å². The van der Waals surface area contributed by atoms with Gasteiger partial charge in [-0.15, -0.1) is 0 Å². The lowest BCUT2D eigenvalue weighted by Crippen LogP contribution is -2.47. The highest BCUT2D eigenvalue weighted by Crippen LogP contribution is 2.45. The summed E-state index contributed by atoms with van der Waals surface area (Å²) < 4.78 is 23.3. The molecule has 1 saturated carbocycles. The first-order valence-electron chi connectivity index (χ1n) is 10.2. The second-order valence-electron chi connectivity index (χ2n) is 8.44. The third-order valence-electron chi connectivity index (χ3n) is 5.44. The monoisotopic (exact) mass is 439 g/mol. The van der Waals surface area contributed by atoms with Crippen LogP contribution in [0.4, 0.5) is 11.4 Å². The molecular formula is C20H33N5O4S. The first-order valence-corrected chi connectivity index (χ1v) is 12.1. The highest BCUT2D eigenvalue weighted by atomic mass is 32.2. The predicted molar refractivity (Wildman–Crippen MR) is 120 cm³/mol. The molecule has 0 radical (unpaired) electrons. The number of anilines is 1. The zero-order valence-electron chi connectivity index (χ0n) is 18.2. The molecule has 0 heterocycles. The molecule has 0 aliphatic heterocycles. The average Bonchev–Trinajstić information content (AvgIpc) is 2.63. The van der Waals surface area contributed by atoms with Gasteiger partial charge in [-0.3, -0.25) is 15.1 Å². The molecule has 0 amide bonds. The van der Waals surface area contributed by atoms with Gasteiger partial charge in [0.1, 0.15) is 5.69 Å². The first-order chi connectivity index (χ1) is 14.1. The number of nitrogens with zero attached hydrogens (tertiary/aromatic N) is 2. The van der Waals surface area contributed by atoms with E-state index < -0.39 is 14.8 Å². The van der Waals surface area contributed by atoms with Gasteiger partial charge in [0.2, 0.25) is 0 Å². The zero-order valence-corrected chi connectivity index (χ0v) is 19.0. The van der Waals surface area contributed by atoms with E-state index in [9.17, 15) is 18.5 Å². The minimum Gasteiger partial charge on any atom is -0.378 e. The van der Waals surface area contributed by atoms with Crippen molar-refractivity contribution in [3.05, 3.63) is 28.3 Å². The second kappa shape index (κ2) is 10.1. The summed E-state index contributed by atoms with van der Waals surface area (Å²) in [4.78, 5) is 14.9. The van der Waals surface area contributed by atoms with Crippen molar-refractivity contribution in [3.63, 3.8) is 0 Å². The van der Waals surface area contributed by atoms with Crippen molar-refractivity contribution in [3.8, 4) is 0 Å². The van der Waals surface area contributed by atoms with Crippen molar-refractivity contribution in [2.45, 2.75) is 44.4 Å². The molecule has 9 nitrogen and oxygen atoms in total. The van der Waals surface area contributed by atoms with Gasteiger partial charge in [-0.2, -0.15) is 0 Å². The minimum absolute atomic E-state index is 0.0752. The molecule has 1 fully saturated rings. The second-order valence-corrected chi connectivity index (χ2v) is 10.5. The molecule has 30 heavy (non-hydrogen) atoms. The number of hydrogen-bond donors (Lipinski definition) is 3. The molecule has 1 aromatic rings. The maximum atomic E-state index is 11.6. The van der Waals surface area contributed by atoms with Crippen molar-refractivity contribution in [2.75, 3.05) is 38.3 Å². The van der Waals surface area contributed by atoms with Crippen LogP contribution < -0.4 is 16.0 Å². The maximum Gasteiger partial charge on any atom is 0.293 e. The molecule has 168 valence electrons. The third-order valence-corrected chi connectivity index (χ3v) is 6.55. The number of aliphatic imine (C=N–C) groups is 1. The van der Waals surface area contributed by atoms with Crippen molar-refractivity contribution < 1.29 is 13.3 Å². The maximum absolute atomic E-state index is 11.6. The first kappa shape index (κ1) is 23.9. The van der Waals surface area contributed by atoms with Crippen LogP contribution in [0.1, 0.15) is 39.5 Å². The summed E-state index contributed by atoms with van der Waals surface area (Å²) in [6, 6.07) is 3.87. The zero-order chi connectivity index (χ0) is 22.4. The van der Waals surface area contributed by atoms with Gasteiger partial charge in [-0.1, -0.05) is 20.3 Å². The molecule has 0 bridgehead atoms. The van der Waals surface area contributed by atoms with Crippen LogP contribution in [-0.4, -0.2) is 52.2 Å². The molecule has 2 rings (SSSR count). The van der Waals surface area contributed by atoms with Gasteiger partial charge in [0.05, 0.1) is 9.82 Å². The fourth-order valence-corrected chi connectivity index (χ4v) is 4.55. The van der Waals surface area contributed by atoms with Gasteiger partial charge in [-0.05, 0) is 42.7 Å². The van der Waals surface area contributed by atoms with Crippen LogP contribution in [0.5, 0.6) is 0 Å². The number of nitro groups is 1. The van der Waals surface area contributed by atoms with Crippen LogP contribution in [-0.2, 0) is 9.84 Å². The minimum atomic E-state index is -3.51. The number of benzene rings is 1. The smallest absolute Gasteiger partial charge is 0.293 e. The van der Waals surface area contributed by atoms with E-state index in [1.165, 1.54) is 37.8 Å². The van der Waals surface area contributed by atoms with Gasteiger partial charge in [0.15, 0.2) is 15.8 Å². The molecule has 0 saturated heterocycles. The fourth-order valence-electron chi connectivity index (χ4n) is 3.91. The Balaban J connectivity index is 1.87. The van der Waals surface area contributed by atoms with Gasteiger partial charge in [0.25, 0.3) is 5.69 Å². The largest absolute Gasteiger partial charge is 0.378 e. The third kappa shape index (κ3) is 6.58. The Morgan fingerprint density at radius 3 is 2.47 bits per heavy atom. The average molecular weight is 440 g/mol. The Morgan fingerprint density at radius 2 is 1.97 bits per heavy atom. The van der Waals surface area contributed by atoms with Crippen molar-refractivity contribution in [2.24, 2.45) is 16.3 Å². The number of hydrogen-bond acceptors (Lipinski definition) is 6. The molecule has 0 aromatic heterocycles. The number of nitrogens with one attached hydrogen (secondary N) is 3. The van der Waals surface area contributed by atoms with E-state index in [1.807, 2.05) is 0 Å². The van der Waals surface area contributed by atoms with E-state index in [4.69, 9.17) is 0 Å². The van der Waals surface area contributed by atoms with Crippen molar-refractivity contribution in [1.29, 1.82) is 0 Å². The Bertz CT molecular complexity index is 879.